The SMILES string of the molecule is COC(=O)C1CCc2nnc(C3CCCCO3)n2C1. The summed E-state index contributed by atoms with van der Waals surface area (Å²) in [6.45, 7) is 1.40. The summed E-state index contributed by atoms with van der Waals surface area (Å²) in [7, 11) is 1.44. The molecule has 2 unspecified atom stereocenters. The van der Waals surface area contributed by atoms with Gasteiger partial charge in [0.05, 0.1) is 13.0 Å². The van der Waals surface area contributed by atoms with Gasteiger partial charge in [-0.2, -0.15) is 0 Å². The minimum atomic E-state index is -0.144. The molecule has 1 fully saturated rings. The van der Waals surface area contributed by atoms with Gasteiger partial charge in [0.15, 0.2) is 5.82 Å². The van der Waals surface area contributed by atoms with Crippen molar-refractivity contribution in [3.63, 3.8) is 0 Å². The quantitative estimate of drug-likeness (QED) is 0.753. The highest BCUT2D eigenvalue weighted by atomic mass is 16.5. The molecule has 3 rings (SSSR count). The van der Waals surface area contributed by atoms with Gasteiger partial charge in [-0.15, -0.1) is 10.2 Å². The zero-order chi connectivity index (χ0) is 13.2. The molecule has 6 nitrogen and oxygen atoms in total. The summed E-state index contributed by atoms with van der Waals surface area (Å²) < 4.78 is 12.7. The Bertz CT molecular complexity index is 466. The number of esters is 1. The standard InChI is InChI=1S/C13H19N3O3/c1-18-13(17)9-5-6-11-14-15-12(16(11)8-9)10-4-2-3-7-19-10/h9-10H,2-8H2,1H3. The molecule has 0 amide bonds. The number of nitrogens with zero attached hydrogens (tertiary/aromatic N) is 3. The van der Waals surface area contributed by atoms with Crippen LogP contribution in [0.1, 0.15) is 43.4 Å². The van der Waals surface area contributed by atoms with E-state index in [1.807, 2.05) is 0 Å². The Morgan fingerprint density at radius 1 is 1.37 bits per heavy atom. The molecule has 104 valence electrons. The largest absolute Gasteiger partial charge is 0.469 e. The molecule has 0 saturated carbocycles. The van der Waals surface area contributed by atoms with E-state index in [1.54, 1.807) is 0 Å². The average Bonchev–Trinajstić information content (AvgIpc) is 2.90. The third-order valence-electron chi connectivity index (χ3n) is 3.98. The van der Waals surface area contributed by atoms with Crippen LogP contribution in [-0.4, -0.2) is 34.5 Å². The zero-order valence-corrected chi connectivity index (χ0v) is 11.2. The highest BCUT2D eigenvalue weighted by Gasteiger charge is 2.31. The number of aryl methyl sites for hydroxylation is 1. The fourth-order valence-corrected chi connectivity index (χ4v) is 2.89. The molecule has 0 aromatic carbocycles. The van der Waals surface area contributed by atoms with Gasteiger partial charge in [0.1, 0.15) is 11.9 Å². The van der Waals surface area contributed by atoms with Gasteiger partial charge in [-0.25, -0.2) is 0 Å². The van der Waals surface area contributed by atoms with E-state index >= 15 is 0 Å². The van der Waals surface area contributed by atoms with Gasteiger partial charge in [0.2, 0.25) is 0 Å². The molecule has 0 N–H and O–H groups in total. The second-order valence-corrected chi connectivity index (χ2v) is 5.20. The fraction of sp³-hybridized carbons (Fsp3) is 0.769. The van der Waals surface area contributed by atoms with Crippen LogP contribution in [0.25, 0.3) is 0 Å². The molecule has 2 atom stereocenters. The molecule has 1 aromatic rings. The van der Waals surface area contributed by atoms with Gasteiger partial charge in [0, 0.05) is 19.6 Å². The molecular weight excluding hydrogens is 246 g/mol. The van der Waals surface area contributed by atoms with Gasteiger partial charge >= 0.3 is 5.97 Å². The maximum atomic E-state index is 11.7. The second-order valence-electron chi connectivity index (χ2n) is 5.20. The minimum Gasteiger partial charge on any atom is -0.469 e. The first-order valence-corrected chi connectivity index (χ1v) is 6.91. The summed E-state index contributed by atoms with van der Waals surface area (Å²) in [5.74, 6) is 1.61. The van der Waals surface area contributed by atoms with E-state index in [1.165, 1.54) is 7.11 Å². The van der Waals surface area contributed by atoms with Gasteiger partial charge in [0.25, 0.3) is 0 Å². The highest BCUT2D eigenvalue weighted by molar-refractivity contribution is 5.72. The van der Waals surface area contributed by atoms with E-state index < -0.39 is 0 Å². The summed E-state index contributed by atoms with van der Waals surface area (Å²) in [6.07, 6.45) is 4.86. The third kappa shape index (κ3) is 2.36. The van der Waals surface area contributed by atoms with Crippen LogP contribution in [0.15, 0.2) is 0 Å². The summed E-state index contributed by atoms with van der Waals surface area (Å²) in [4.78, 5) is 11.7. The predicted molar refractivity (Wildman–Crippen MR) is 66.4 cm³/mol. The summed E-state index contributed by atoms with van der Waals surface area (Å²) in [5, 5.41) is 8.51. The number of ether oxygens (including phenoxy) is 2. The Morgan fingerprint density at radius 2 is 2.26 bits per heavy atom. The predicted octanol–water partition coefficient (Wildman–Crippen LogP) is 1.26. The molecule has 6 heteroatoms. The number of hydrogen-bond donors (Lipinski definition) is 0. The molecular formula is C13H19N3O3. The van der Waals surface area contributed by atoms with Gasteiger partial charge in [-0.3, -0.25) is 4.79 Å². The van der Waals surface area contributed by atoms with E-state index in [9.17, 15) is 4.79 Å². The monoisotopic (exact) mass is 265 g/mol. The molecule has 2 aliphatic heterocycles. The van der Waals surface area contributed by atoms with Gasteiger partial charge < -0.3 is 14.0 Å². The lowest BCUT2D eigenvalue weighted by atomic mass is 9.99. The first-order valence-electron chi connectivity index (χ1n) is 6.91. The maximum Gasteiger partial charge on any atom is 0.310 e. The molecule has 1 saturated heterocycles. The van der Waals surface area contributed by atoms with E-state index in [0.29, 0.717) is 6.54 Å². The van der Waals surface area contributed by atoms with Crippen LogP contribution in [0.5, 0.6) is 0 Å². The summed E-state index contributed by atoms with van der Waals surface area (Å²) in [6, 6.07) is 0. The van der Waals surface area contributed by atoms with Crippen molar-refractivity contribution < 1.29 is 14.3 Å². The van der Waals surface area contributed by atoms with Gasteiger partial charge in [-0.1, -0.05) is 0 Å². The summed E-state index contributed by atoms with van der Waals surface area (Å²) >= 11 is 0. The average molecular weight is 265 g/mol. The number of hydrogen-bond acceptors (Lipinski definition) is 5. The maximum absolute atomic E-state index is 11.7. The first kappa shape index (κ1) is 12.6. The van der Waals surface area contributed by atoms with E-state index in [4.69, 9.17) is 9.47 Å². The second kappa shape index (κ2) is 5.28. The number of carbonyl (C=O) groups is 1. The lowest BCUT2D eigenvalue weighted by Crippen LogP contribution is -2.29. The van der Waals surface area contributed by atoms with Gasteiger partial charge in [-0.05, 0) is 25.7 Å². The topological polar surface area (TPSA) is 66.2 Å². The lowest BCUT2D eigenvalue weighted by molar-refractivity contribution is -0.146. The Labute approximate surface area is 112 Å². The van der Waals surface area contributed by atoms with Crippen molar-refractivity contribution in [1.82, 2.24) is 14.8 Å². The molecule has 0 aliphatic carbocycles. The molecule has 0 bridgehead atoms. The van der Waals surface area contributed by atoms with Crippen molar-refractivity contribution in [3.05, 3.63) is 11.6 Å². The lowest BCUT2D eigenvalue weighted by Gasteiger charge is -2.26. The van der Waals surface area contributed by atoms with Crippen LogP contribution < -0.4 is 0 Å². The number of rotatable bonds is 2. The third-order valence-corrected chi connectivity index (χ3v) is 3.98. The van der Waals surface area contributed by atoms with Crippen molar-refractivity contribution in [2.75, 3.05) is 13.7 Å². The Kier molecular flexibility index (Phi) is 3.50. The molecule has 3 heterocycles. The smallest absolute Gasteiger partial charge is 0.310 e. The first-order chi connectivity index (χ1) is 9.29. The van der Waals surface area contributed by atoms with Crippen LogP contribution in [0, 0.1) is 5.92 Å². The number of methoxy groups -OCH3 is 1. The summed E-state index contributed by atoms with van der Waals surface area (Å²) in [5.41, 5.74) is 0. The fourth-order valence-electron chi connectivity index (χ4n) is 2.89. The molecule has 0 spiro atoms. The number of aromatic nitrogens is 3. The number of carbonyl (C=O) groups excluding carboxylic acids is 1. The van der Waals surface area contributed by atoms with E-state index in [0.717, 1.165) is 50.4 Å². The van der Waals surface area contributed by atoms with Crippen molar-refractivity contribution >= 4 is 5.97 Å². The van der Waals surface area contributed by atoms with E-state index in [2.05, 4.69) is 14.8 Å². The van der Waals surface area contributed by atoms with Crippen LogP contribution >= 0.6 is 0 Å². The van der Waals surface area contributed by atoms with Crippen LogP contribution in [0.4, 0.5) is 0 Å². The molecule has 2 aliphatic rings. The number of fused-ring (bicyclic) bond motifs is 1. The van der Waals surface area contributed by atoms with E-state index in [-0.39, 0.29) is 18.0 Å². The minimum absolute atomic E-state index is 0.0337. The Hall–Kier alpha value is -1.43. The normalized spacial score (nSPS) is 26.8. The molecule has 19 heavy (non-hydrogen) atoms. The van der Waals surface area contributed by atoms with Crippen molar-refractivity contribution in [3.8, 4) is 0 Å². The zero-order valence-electron chi connectivity index (χ0n) is 11.2. The Morgan fingerprint density at radius 3 is 3.00 bits per heavy atom. The van der Waals surface area contributed by atoms with Crippen LogP contribution in [0.2, 0.25) is 0 Å². The Balaban J connectivity index is 1.81. The molecule has 1 aromatic heterocycles. The van der Waals surface area contributed by atoms with Crippen molar-refractivity contribution in [1.29, 1.82) is 0 Å². The molecule has 0 radical (unpaired) electrons. The van der Waals surface area contributed by atoms with Crippen LogP contribution in [-0.2, 0) is 27.2 Å². The van der Waals surface area contributed by atoms with Crippen molar-refractivity contribution in [2.45, 2.75) is 44.8 Å². The highest BCUT2D eigenvalue weighted by Crippen LogP contribution is 2.30. The van der Waals surface area contributed by atoms with Crippen molar-refractivity contribution in [2.24, 2.45) is 5.92 Å². The van der Waals surface area contributed by atoms with Crippen LogP contribution in [0.3, 0.4) is 0 Å².